The summed E-state index contributed by atoms with van der Waals surface area (Å²) >= 11 is 3.09. The molecule has 0 saturated carbocycles. The van der Waals surface area contributed by atoms with Crippen LogP contribution < -0.4 is 0 Å². The zero-order chi connectivity index (χ0) is 12.2. The number of hydrogen-bond donors (Lipinski definition) is 0. The number of rotatable bonds is 3. The summed E-state index contributed by atoms with van der Waals surface area (Å²) < 4.78 is 14.2. The second-order valence-corrected chi connectivity index (χ2v) is 4.56. The maximum absolute atomic E-state index is 13.8. The summed E-state index contributed by atoms with van der Waals surface area (Å²) in [5.74, 6) is -0.426. The van der Waals surface area contributed by atoms with Crippen molar-refractivity contribution in [2.75, 3.05) is 0 Å². The first-order chi connectivity index (χ1) is 7.55. The van der Waals surface area contributed by atoms with E-state index in [1.54, 1.807) is 25.1 Å². The fraction of sp³-hybridized carbons (Fsp3) is 0.333. The van der Waals surface area contributed by atoms with Crippen LogP contribution >= 0.6 is 15.9 Å². The Morgan fingerprint density at radius 1 is 1.44 bits per heavy atom. The van der Waals surface area contributed by atoms with Gasteiger partial charge in [0, 0.05) is 12.0 Å². The van der Waals surface area contributed by atoms with Crippen LogP contribution in [0.5, 0.6) is 0 Å². The smallest absolute Gasteiger partial charge is 0.142 e. The highest BCUT2D eigenvalue weighted by atomic mass is 79.9. The molecule has 0 saturated heterocycles. The fourth-order valence-electron chi connectivity index (χ4n) is 1.49. The maximum Gasteiger partial charge on any atom is 0.142 e. The van der Waals surface area contributed by atoms with Crippen LogP contribution in [0.3, 0.4) is 0 Å². The molecule has 0 aromatic heterocycles. The van der Waals surface area contributed by atoms with Crippen LogP contribution in [0.15, 0.2) is 22.7 Å². The van der Waals surface area contributed by atoms with Gasteiger partial charge in [0.2, 0.25) is 0 Å². The normalized spacial score (nSPS) is 13.6. The molecule has 16 heavy (non-hydrogen) atoms. The van der Waals surface area contributed by atoms with Crippen molar-refractivity contribution in [1.29, 1.82) is 10.5 Å². The molecule has 0 amide bonds. The van der Waals surface area contributed by atoms with E-state index < -0.39 is 11.2 Å². The molecule has 0 fully saturated rings. The number of hydrogen-bond acceptors (Lipinski definition) is 2. The lowest BCUT2D eigenvalue weighted by Crippen LogP contribution is -2.21. The number of nitrogens with zero attached hydrogens (tertiary/aromatic N) is 2. The lowest BCUT2D eigenvalue weighted by Gasteiger charge is -2.21. The highest BCUT2D eigenvalue weighted by molar-refractivity contribution is 9.10. The molecule has 4 heteroatoms. The molecule has 1 atom stereocenters. The van der Waals surface area contributed by atoms with Crippen LogP contribution in [0, 0.1) is 28.5 Å². The zero-order valence-corrected chi connectivity index (χ0v) is 10.4. The van der Waals surface area contributed by atoms with Gasteiger partial charge in [0.05, 0.1) is 22.0 Å². The van der Waals surface area contributed by atoms with E-state index in [1.165, 1.54) is 0 Å². The second-order valence-electron chi connectivity index (χ2n) is 3.70. The molecule has 1 rings (SSSR count). The van der Waals surface area contributed by atoms with Crippen LogP contribution in [-0.2, 0) is 5.41 Å². The van der Waals surface area contributed by atoms with Gasteiger partial charge >= 0.3 is 0 Å². The maximum atomic E-state index is 13.8. The third-order valence-electron chi connectivity index (χ3n) is 2.53. The average Bonchev–Trinajstić information content (AvgIpc) is 2.29. The van der Waals surface area contributed by atoms with Crippen molar-refractivity contribution < 1.29 is 4.39 Å². The van der Waals surface area contributed by atoms with Crippen molar-refractivity contribution in [3.05, 3.63) is 34.1 Å². The van der Waals surface area contributed by atoms with E-state index in [9.17, 15) is 4.39 Å². The van der Waals surface area contributed by atoms with E-state index in [0.29, 0.717) is 16.5 Å². The van der Waals surface area contributed by atoms with Crippen molar-refractivity contribution in [1.82, 2.24) is 0 Å². The lowest BCUT2D eigenvalue weighted by atomic mass is 9.80. The van der Waals surface area contributed by atoms with Crippen LogP contribution in [0.4, 0.5) is 4.39 Å². The van der Waals surface area contributed by atoms with Gasteiger partial charge in [0.25, 0.3) is 0 Å². The van der Waals surface area contributed by atoms with Crippen molar-refractivity contribution in [2.24, 2.45) is 0 Å². The molecule has 0 bridgehead atoms. The Hall–Kier alpha value is -1.39. The van der Waals surface area contributed by atoms with Crippen molar-refractivity contribution in [2.45, 2.75) is 25.2 Å². The molecule has 1 aromatic rings. The molecule has 0 N–H and O–H groups in total. The monoisotopic (exact) mass is 280 g/mol. The Balaban J connectivity index is 3.20. The van der Waals surface area contributed by atoms with Crippen LogP contribution in [-0.4, -0.2) is 0 Å². The van der Waals surface area contributed by atoms with Gasteiger partial charge in [-0.25, -0.2) is 4.39 Å². The molecule has 82 valence electrons. The minimum atomic E-state index is -0.955. The van der Waals surface area contributed by atoms with Crippen molar-refractivity contribution >= 4 is 15.9 Å². The molecule has 0 radical (unpaired) electrons. The summed E-state index contributed by atoms with van der Waals surface area (Å²) in [7, 11) is 0. The van der Waals surface area contributed by atoms with E-state index in [0.717, 1.165) is 0 Å². The number of benzene rings is 1. The predicted molar refractivity (Wildman–Crippen MR) is 61.9 cm³/mol. The Kier molecular flexibility index (Phi) is 4.04. The quantitative estimate of drug-likeness (QED) is 0.848. The Bertz CT molecular complexity index is 473. The van der Waals surface area contributed by atoms with Gasteiger partial charge in [0.15, 0.2) is 0 Å². The molecule has 0 aliphatic heterocycles. The molecule has 0 heterocycles. The van der Waals surface area contributed by atoms with Gasteiger partial charge in [-0.15, -0.1) is 0 Å². The minimum Gasteiger partial charge on any atom is -0.205 e. The molecule has 0 aliphatic rings. The largest absolute Gasteiger partial charge is 0.205 e. The van der Waals surface area contributed by atoms with Gasteiger partial charge in [-0.1, -0.05) is 12.1 Å². The number of halogens is 2. The van der Waals surface area contributed by atoms with E-state index in [4.69, 9.17) is 10.5 Å². The first kappa shape index (κ1) is 12.7. The number of nitriles is 2. The Morgan fingerprint density at radius 2 is 2.12 bits per heavy atom. The Labute approximate surface area is 102 Å². The van der Waals surface area contributed by atoms with Crippen molar-refractivity contribution in [3.8, 4) is 12.1 Å². The average molecular weight is 281 g/mol. The highest BCUT2D eigenvalue weighted by Crippen LogP contribution is 2.32. The van der Waals surface area contributed by atoms with Gasteiger partial charge in [-0.2, -0.15) is 10.5 Å². The second kappa shape index (κ2) is 5.09. The van der Waals surface area contributed by atoms with E-state index >= 15 is 0 Å². The van der Waals surface area contributed by atoms with Crippen LogP contribution in [0.2, 0.25) is 0 Å². The van der Waals surface area contributed by atoms with Crippen molar-refractivity contribution in [3.63, 3.8) is 0 Å². The van der Waals surface area contributed by atoms with E-state index in [2.05, 4.69) is 22.0 Å². The SMILES string of the molecule is CC(C#N)(CCC#N)c1cccc(Br)c1F. The van der Waals surface area contributed by atoms with Gasteiger partial charge in [-0.05, 0) is 35.3 Å². The summed E-state index contributed by atoms with van der Waals surface area (Å²) in [4.78, 5) is 0. The van der Waals surface area contributed by atoms with E-state index in [1.807, 2.05) is 6.07 Å². The Morgan fingerprint density at radius 3 is 2.69 bits per heavy atom. The summed E-state index contributed by atoms with van der Waals surface area (Å²) in [5.41, 5.74) is -0.622. The standard InChI is InChI=1S/C12H10BrFN2/c1-12(8-16,6-3-7-15)9-4-2-5-10(13)11(9)14/h2,4-5H,3,6H2,1H3. The molecule has 1 aromatic carbocycles. The minimum absolute atomic E-state index is 0.232. The topological polar surface area (TPSA) is 47.6 Å². The van der Waals surface area contributed by atoms with E-state index in [-0.39, 0.29) is 6.42 Å². The third-order valence-corrected chi connectivity index (χ3v) is 3.14. The summed E-state index contributed by atoms with van der Waals surface area (Å²) in [6, 6.07) is 8.92. The molecule has 2 nitrogen and oxygen atoms in total. The fourth-order valence-corrected chi connectivity index (χ4v) is 1.85. The first-order valence-corrected chi connectivity index (χ1v) is 5.57. The summed E-state index contributed by atoms with van der Waals surface area (Å²) in [6.45, 7) is 1.65. The molecular weight excluding hydrogens is 271 g/mol. The molecule has 0 aliphatic carbocycles. The third kappa shape index (κ3) is 2.40. The molecule has 0 spiro atoms. The molecule has 1 unspecified atom stereocenters. The van der Waals surface area contributed by atoms with Gasteiger partial charge < -0.3 is 0 Å². The van der Waals surface area contributed by atoms with Gasteiger partial charge in [0.1, 0.15) is 5.82 Å². The summed E-state index contributed by atoms with van der Waals surface area (Å²) in [6.07, 6.45) is 0.559. The van der Waals surface area contributed by atoms with Gasteiger partial charge in [-0.3, -0.25) is 0 Å². The molecular formula is C12H10BrFN2. The summed E-state index contributed by atoms with van der Waals surface area (Å²) in [5, 5.41) is 17.7. The highest BCUT2D eigenvalue weighted by Gasteiger charge is 2.29. The van der Waals surface area contributed by atoms with Crippen LogP contribution in [0.25, 0.3) is 0 Å². The lowest BCUT2D eigenvalue weighted by molar-refractivity contribution is 0.509. The van der Waals surface area contributed by atoms with Crippen LogP contribution in [0.1, 0.15) is 25.3 Å². The predicted octanol–water partition coefficient (Wildman–Crippen LogP) is 3.67. The zero-order valence-electron chi connectivity index (χ0n) is 8.80. The first-order valence-electron chi connectivity index (χ1n) is 4.78.